The van der Waals surface area contributed by atoms with Crippen molar-refractivity contribution in [3.05, 3.63) is 315 Å². The molecule has 0 unspecified atom stereocenters. The molecule has 0 spiro atoms. The van der Waals surface area contributed by atoms with Crippen LogP contribution in [0.4, 0.5) is 0 Å². The van der Waals surface area contributed by atoms with Gasteiger partial charge in [-0.15, -0.1) is 22.7 Å². The zero-order valence-electron chi connectivity index (χ0n) is 47.3. The maximum atomic E-state index is 3.85. The summed E-state index contributed by atoms with van der Waals surface area (Å²) in [5.74, 6) is 0. The van der Waals surface area contributed by atoms with Gasteiger partial charge in [0.2, 0.25) is 0 Å². The summed E-state index contributed by atoms with van der Waals surface area (Å²) in [7, 11) is 0. The Hall–Kier alpha value is -10.7. The summed E-state index contributed by atoms with van der Waals surface area (Å²) in [4.78, 5) is 3.85. The molecule has 0 saturated carbocycles. The van der Waals surface area contributed by atoms with Crippen molar-refractivity contribution < 1.29 is 0 Å². The number of rotatable bonds is 10. The molecule has 17 rings (SSSR count). The van der Waals surface area contributed by atoms with Gasteiger partial charge in [0, 0.05) is 73.3 Å². The van der Waals surface area contributed by atoms with E-state index in [2.05, 4.69) is 320 Å². The number of benzene rings is 14. The molecule has 0 amide bonds. The lowest BCUT2D eigenvalue weighted by molar-refractivity contribution is 1.54. The molecule has 0 fully saturated rings. The lowest BCUT2D eigenvalue weighted by atomic mass is 9.92. The van der Waals surface area contributed by atoms with E-state index in [1.807, 2.05) is 22.7 Å². The summed E-state index contributed by atoms with van der Waals surface area (Å²) >= 11 is 3.79. The summed E-state index contributed by atoms with van der Waals surface area (Å²) in [6.45, 7) is 0. The predicted molar refractivity (Wildman–Crippen MR) is 376 cm³/mol. The molecule has 0 radical (unpaired) electrons. The third kappa shape index (κ3) is 9.24. The Bertz CT molecular complexity index is 5150. The van der Waals surface area contributed by atoms with Crippen LogP contribution in [0.1, 0.15) is 0 Å². The molecule has 1 N–H and O–H groups in total. The molecule has 3 heterocycles. The topological polar surface area (TPSA) is 15.8 Å². The molecule has 0 aliphatic rings. The molecule has 14 aromatic carbocycles. The van der Waals surface area contributed by atoms with E-state index in [4.69, 9.17) is 0 Å². The summed E-state index contributed by atoms with van der Waals surface area (Å²) in [5, 5.41) is 7.49. The summed E-state index contributed by atoms with van der Waals surface area (Å²) in [5.41, 5.74) is 26.4. The maximum Gasteiger partial charge on any atom is 0.0465 e. The smallest absolute Gasteiger partial charge is 0.0465 e. The van der Waals surface area contributed by atoms with Crippen molar-refractivity contribution in [3.8, 4) is 111 Å². The van der Waals surface area contributed by atoms with Gasteiger partial charge in [-0.1, -0.05) is 218 Å². The van der Waals surface area contributed by atoms with Crippen LogP contribution in [0.3, 0.4) is 0 Å². The molecule has 0 atom stereocenters. The van der Waals surface area contributed by atoms with Gasteiger partial charge in [0.15, 0.2) is 0 Å². The van der Waals surface area contributed by atoms with Crippen LogP contribution in [0.5, 0.6) is 0 Å². The van der Waals surface area contributed by atoms with Crippen molar-refractivity contribution in [1.82, 2.24) is 4.98 Å². The lowest BCUT2D eigenvalue weighted by Crippen LogP contribution is -1.86. The fourth-order valence-corrected chi connectivity index (χ4v) is 15.5. The van der Waals surface area contributed by atoms with E-state index in [1.165, 1.54) is 162 Å². The quantitative estimate of drug-likeness (QED) is 0.140. The largest absolute Gasteiger partial charge is 0.355 e. The highest BCUT2D eigenvalue weighted by atomic mass is 32.1. The molecule has 0 bridgehead atoms. The van der Waals surface area contributed by atoms with Crippen LogP contribution < -0.4 is 0 Å². The molecular formula is C84H53NS2. The number of hydrogen-bond donors (Lipinski definition) is 1. The van der Waals surface area contributed by atoms with Crippen molar-refractivity contribution in [2.75, 3.05) is 0 Å². The molecule has 87 heavy (non-hydrogen) atoms. The Morgan fingerprint density at radius 2 is 0.437 bits per heavy atom. The summed E-state index contributed by atoms with van der Waals surface area (Å²) in [6, 6.07) is 117. The summed E-state index contributed by atoms with van der Waals surface area (Å²) < 4.78 is 5.13. The molecule has 0 aliphatic heterocycles. The number of fused-ring (bicyclic) bond motifs is 9. The first-order valence-corrected chi connectivity index (χ1v) is 31.4. The second-order valence-electron chi connectivity index (χ2n) is 22.9. The van der Waals surface area contributed by atoms with Gasteiger partial charge in [-0.05, 0) is 197 Å². The van der Waals surface area contributed by atoms with Gasteiger partial charge in [0.05, 0.1) is 0 Å². The normalized spacial score (nSPS) is 11.7. The fraction of sp³-hybridized carbons (Fsp3) is 0. The zero-order chi connectivity index (χ0) is 57.4. The van der Waals surface area contributed by atoms with E-state index in [9.17, 15) is 0 Å². The Kier molecular flexibility index (Phi) is 12.3. The van der Waals surface area contributed by atoms with Crippen LogP contribution in [0.2, 0.25) is 0 Å². The van der Waals surface area contributed by atoms with Gasteiger partial charge >= 0.3 is 0 Å². The number of thiophene rings is 2. The number of aromatic nitrogens is 1. The van der Waals surface area contributed by atoms with Gasteiger partial charge in [0.25, 0.3) is 0 Å². The molecular weight excluding hydrogens is 1090 g/mol. The third-order valence-electron chi connectivity index (χ3n) is 17.6. The van der Waals surface area contributed by atoms with Crippen LogP contribution in [0.25, 0.3) is 173 Å². The molecule has 1 nitrogen and oxygen atoms in total. The van der Waals surface area contributed by atoms with Crippen molar-refractivity contribution in [1.29, 1.82) is 0 Å². The minimum Gasteiger partial charge on any atom is -0.355 e. The minimum atomic E-state index is 1.12. The highest BCUT2D eigenvalue weighted by Crippen LogP contribution is 2.48. The van der Waals surface area contributed by atoms with Gasteiger partial charge in [-0.25, -0.2) is 0 Å². The van der Waals surface area contributed by atoms with Crippen LogP contribution in [0, 0.1) is 0 Å². The fourth-order valence-electron chi connectivity index (χ4n) is 13.1. The molecule has 0 aliphatic carbocycles. The van der Waals surface area contributed by atoms with Crippen LogP contribution in [-0.2, 0) is 0 Å². The van der Waals surface area contributed by atoms with Crippen LogP contribution in [0.15, 0.2) is 315 Å². The highest BCUT2D eigenvalue weighted by molar-refractivity contribution is 7.26. The lowest BCUT2D eigenvalue weighted by Gasteiger charge is -2.12. The highest BCUT2D eigenvalue weighted by Gasteiger charge is 2.20. The van der Waals surface area contributed by atoms with E-state index < -0.39 is 0 Å². The van der Waals surface area contributed by atoms with E-state index in [0.29, 0.717) is 0 Å². The Morgan fingerprint density at radius 3 is 0.782 bits per heavy atom. The molecule has 17 aromatic rings. The standard InChI is InChI=1S/C84H53NS2/c1-5-17-53(18-6-1)57-25-13-29-61(41-57)65-35-39-81-75(45-65)77-51-69(63-31-15-27-59(43-63)55-21-9-3-10-22-55)49-71(83(77)86-81)67-33-37-79-73(47-67)74-48-68(34-38-80(74)85-79)72-50-70(64-32-16-28-60(44-64)56-23-11-4-12-24-56)52-78-76-46-66(36-40-82(76)87-84(72)78)62-30-14-26-58(42-62)54-19-7-2-8-20-54/h1-52,85H. The first kappa shape index (κ1) is 50.8. The number of hydrogen-bond acceptors (Lipinski definition) is 2. The monoisotopic (exact) mass is 1140 g/mol. The second kappa shape index (κ2) is 21.1. The maximum absolute atomic E-state index is 3.85. The van der Waals surface area contributed by atoms with Gasteiger partial charge < -0.3 is 4.98 Å². The SMILES string of the molecule is c1ccc(-c2cccc(-c3ccc4sc5c(-c6ccc7[nH]c8ccc(-c9cc(-c%10cccc(-c%11ccccc%11)c%10)cc%10c9sc9ccc(-c%11cccc(-c%12ccccc%12)c%11)cc9%10)cc8c7c6)cc(-c6cccc(-c7ccccc7)c6)cc5c4c3)c2)cc1. The molecule has 0 saturated heterocycles. The Morgan fingerprint density at radius 1 is 0.172 bits per heavy atom. The zero-order valence-corrected chi connectivity index (χ0v) is 49.0. The second-order valence-corrected chi connectivity index (χ2v) is 25.0. The van der Waals surface area contributed by atoms with Crippen molar-refractivity contribution in [2.24, 2.45) is 0 Å². The minimum absolute atomic E-state index is 1.12. The average Bonchev–Trinajstić information content (AvgIpc) is 1.96. The Labute approximate surface area is 513 Å². The van der Waals surface area contributed by atoms with Crippen molar-refractivity contribution >= 4 is 84.8 Å². The van der Waals surface area contributed by atoms with Crippen LogP contribution >= 0.6 is 22.7 Å². The Balaban J connectivity index is 0.831. The van der Waals surface area contributed by atoms with E-state index >= 15 is 0 Å². The van der Waals surface area contributed by atoms with Gasteiger partial charge in [-0.2, -0.15) is 0 Å². The predicted octanol–water partition coefficient (Wildman–Crippen LogP) is 24.7. The molecule has 3 aromatic heterocycles. The average molecular weight is 1140 g/mol. The van der Waals surface area contributed by atoms with Gasteiger partial charge in [0.1, 0.15) is 0 Å². The molecule has 406 valence electrons. The van der Waals surface area contributed by atoms with Crippen molar-refractivity contribution in [2.45, 2.75) is 0 Å². The first-order valence-electron chi connectivity index (χ1n) is 29.8. The first-order chi connectivity index (χ1) is 43.0. The number of aromatic amines is 1. The number of nitrogens with one attached hydrogen (secondary N) is 1. The van der Waals surface area contributed by atoms with E-state index in [-0.39, 0.29) is 0 Å². The van der Waals surface area contributed by atoms with Crippen LogP contribution in [-0.4, -0.2) is 4.98 Å². The van der Waals surface area contributed by atoms with E-state index in [0.717, 1.165) is 11.0 Å². The van der Waals surface area contributed by atoms with E-state index in [1.54, 1.807) is 0 Å². The van der Waals surface area contributed by atoms with Crippen molar-refractivity contribution in [3.63, 3.8) is 0 Å². The number of H-pyrrole nitrogens is 1. The molecule has 3 heteroatoms. The van der Waals surface area contributed by atoms with Gasteiger partial charge in [-0.3, -0.25) is 0 Å². The summed E-state index contributed by atoms with van der Waals surface area (Å²) in [6.07, 6.45) is 0. The third-order valence-corrected chi connectivity index (χ3v) is 20.0.